The van der Waals surface area contributed by atoms with Crippen molar-refractivity contribution in [2.75, 3.05) is 13.1 Å². The van der Waals surface area contributed by atoms with Gasteiger partial charge in [-0.3, -0.25) is 4.79 Å². The zero-order valence-electron chi connectivity index (χ0n) is 13.0. The summed E-state index contributed by atoms with van der Waals surface area (Å²) in [4.78, 5) is 11.2. The highest BCUT2D eigenvalue weighted by molar-refractivity contribution is 5.70. The van der Waals surface area contributed by atoms with Gasteiger partial charge >= 0.3 is 5.97 Å². The first kappa shape index (κ1) is 17.5. The van der Waals surface area contributed by atoms with Gasteiger partial charge in [0.2, 0.25) is 0 Å². The summed E-state index contributed by atoms with van der Waals surface area (Å²) < 4.78 is 0. The van der Waals surface area contributed by atoms with Crippen molar-refractivity contribution in [3.63, 3.8) is 0 Å². The van der Waals surface area contributed by atoms with Gasteiger partial charge in [-0.25, -0.2) is 0 Å². The van der Waals surface area contributed by atoms with E-state index in [9.17, 15) is 9.90 Å². The van der Waals surface area contributed by atoms with Gasteiger partial charge in [0.15, 0.2) is 0 Å². The summed E-state index contributed by atoms with van der Waals surface area (Å²) in [5.41, 5.74) is 0. The largest absolute Gasteiger partial charge is 0.481 e. The molecule has 0 saturated carbocycles. The van der Waals surface area contributed by atoms with Crippen LogP contribution in [0.4, 0.5) is 0 Å². The van der Waals surface area contributed by atoms with E-state index >= 15 is 0 Å². The lowest BCUT2D eigenvalue weighted by Gasteiger charge is -2.13. The molecule has 1 aliphatic heterocycles. The highest BCUT2D eigenvalue weighted by Crippen LogP contribution is 2.15. The van der Waals surface area contributed by atoms with Gasteiger partial charge in [0.25, 0.3) is 0 Å². The molecule has 3 heteroatoms. The van der Waals surface area contributed by atoms with E-state index in [-0.39, 0.29) is 5.92 Å². The van der Waals surface area contributed by atoms with Crippen molar-refractivity contribution in [3.05, 3.63) is 0 Å². The second-order valence-corrected chi connectivity index (χ2v) is 6.27. The molecule has 0 radical (unpaired) electrons. The quantitative estimate of drug-likeness (QED) is 0.751. The topological polar surface area (TPSA) is 49.3 Å². The van der Waals surface area contributed by atoms with Crippen LogP contribution in [0.25, 0.3) is 0 Å². The predicted octanol–water partition coefficient (Wildman–Crippen LogP) is 4.36. The molecule has 0 amide bonds. The highest BCUT2D eigenvalue weighted by Gasteiger charge is 2.16. The maximum atomic E-state index is 11.2. The summed E-state index contributed by atoms with van der Waals surface area (Å²) in [5, 5.41) is 12.6. The molecule has 1 rings (SSSR count). The van der Waals surface area contributed by atoms with Gasteiger partial charge in [0.1, 0.15) is 0 Å². The number of hydrogen-bond donors (Lipinski definition) is 2. The van der Waals surface area contributed by atoms with Crippen molar-refractivity contribution in [1.82, 2.24) is 5.32 Å². The van der Waals surface area contributed by atoms with Crippen LogP contribution in [0.1, 0.15) is 83.5 Å². The van der Waals surface area contributed by atoms with E-state index in [0.29, 0.717) is 6.54 Å². The Hall–Kier alpha value is -0.570. The fraction of sp³-hybridized carbons (Fsp3) is 0.941. The second kappa shape index (κ2) is 12.2. The maximum absolute atomic E-state index is 11.2. The molecule has 0 spiro atoms. The smallest absolute Gasteiger partial charge is 0.307 e. The number of carboxylic acids is 1. The number of rotatable bonds is 1. The minimum absolute atomic E-state index is 0.189. The average molecular weight is 283 g/mol. The number of carbonyl (C=O) groups is 1. The minimum atomic E-state index is -0.629. The van der Waals surface area contributed by atoms with Gasteiger partial charge in [-0.15, -0.1) is 0 Å². The molecule has 0 aromatic rings. The SMILES string of the molecule is O=C(O)C1CCCCCCCCCCCCCCNC1. The molecule has 1 saturated heterocycles. The van der Waals surface area contributed by atoms with E-state index in [2.05, 4.69) is 5.32 Å². The monoisotopic (exact) mass is 283 g/mol. The molecule has 1 unspecified atom stereocenters. The molecule has 1 atom stereocenters. The van der Waals surface area contributed by atoms with Gasteiger partial charge in [-0.1, -0.05) is 70.6 Å². The highest BCUT2D eigenvalue weighted by atomic mass is 16.4. The number of hydrogen-bond acceptors (Lipinski definition) is 2. The van der Waals surface area contributed by atoms with Crippen molar-refractivity contribution in [3.8, 4) is 0 Å². The predicted molar refractivity (Wildman–Crippen MR) is 84.0 cm³/mol. The zero-order valence-corrected chi connectivity index (χ0v) is 13.0. The molecule has 0 aliphatic carbocycles. The first-order chi connectivity index (χ1) is 9.80. The fourth-order valence-electron chi connectivity index (χ4n) is 3.00. The van der Waals surface area contributed by atoms with E-state index in [1.165, 1.54) is 70.6 Å². The van der Waals surface area contributed by atoms with Crippen LogP contribution in [0.5, 0.6) is 0 Å². The van der Waals surface area contributed by atoms with Crippen LogP contribution in [-0.4, -0.2) is 24.2 Å². The molecular formula is C17H33NO2. The maximum Gasteiger partial charge on any atom is 0.307 e. The summed E-state index contributed by atoms with van der Waals surface area (Å²) in [6.45, 7) is 1.62. The first-order valence-corrected chi connectivity index (χ1v) is 8.74. The Morgan fingerprint density at radius 3 is 1.70 bits per heavy atom. The second-order valence-electron chi connectivity index (χ2n) is 6.27. The molecule has 3 nitrogen and oxygen atoms in total. The van der Waals surface area contributed by atoms with E-state index < -0.39 is 5.97 Å². The van der Waals surface area contributed by atoms with Crippen molar-refractivity contribution >= 4 is 5.97 Å². The summed E-state index contributed by atoms with van der Waals surface area (Å²) in [6, 6.07) is 0. The van der Waals surface area contributed by atoms with Gasteiger partial charge in [0.05, 0.1) is 5.92 Å². The van der Waals surface area contributed by atoms with Crippen molar-refractivity contribution in [1.29, 1.82) is 0 Å². The molecule has 118 valence electrons. The van der Waals surface area contributed by atoms with Crippen LogP contribution in [0, 0.1) is 5.92 Å². The van der Waals surface area contributed by atoms with Gasteiger partial charge in [-0.05, 0) is 19.4 Å². The molecule has 20 heavy (non-hydrogen) atoms. The summed E-state index contributed by atoms with van der Waals surface area (Å²) in [7, 11) is 0. The molecular weight excluding hydrogens is 250 g/mol. The lowest BCUT2D eigenvalue weighted by atomic mass is 10.00. The van der Waals surface area contributed by atoms with Crippen molar-refractivity contribution in [2.45, 2.75) is 83.5 Å². The van der Waals surface area contributed by atoms with Crippen LogP contribution < -0.4 is 5.32 Å². The molecule has 1 heterocycles. The third-order valence-corrected chi connectivity index (χ3v) is 4.40. The van der Waals surface area contributed by atoms with Crippen LogP contribution >= 0.6 is 0 Å². The normalized spacial score (nSPS) is 25.7. The summed E-state index contributed by atoms with van der Waals surface area (Å²) in [6.07, 6.45) is 16.4. The van der Waals surface area contributed by atoms with Crippen molar-refractivity contribution in [2.24, 2.45) is 5.92 Å². The van der Waals surface area contributed by atoms with E-state index in [0.717, 1.165) is 19.4 Å². The molecule has 2 N–H and O–H groups in total. The molecule has 1 fully saturated rings. The Labute approximate surface area is 124 Å². The van der Waals surface area contributed by atoms with Crippen LogP contribution in [0.15, 0.2) is 0 Å². The van der Waals surface area contributed by atoms with Gasteiger partial charge in [-0.2, -0.15) is 0 Å². The van der Waals surface area contributed by atoms with Gasteiger partial charge < -0.3 is 10.4 Å². The standard InChI is InChI=1S/C17H33NO2/c19-17(20)16-13-11-9-7-5-3-1-2-4-6-8-10-12-14-18-15-16/h16,18H,1-15H2,(H,19,20). The van der Waals surface area contributed by atoms with E-state index in [1.807, 2.05) is 0 Å². The van der Waals surface area contributed by atoms with Crippen molar-refractivity contribution < 1.29 is 9.90 Å². The fourth-order valence-corrected chi connectivity index (χ4v) is 3.00. The minimum Gasteiger partial charge on any atom is -0.481 e. The first-order valence-electron chi connectivity index (χ1n) is 8.74. The van der Waals surface area contributed by atoms with E-state index in [4.69, 9.17) is 0 Å². The average Bonchev–Trinajstić information content (AvgIpc) is 2.43. The Kier molecular flexibility index (Phi) is 10.7. The zero-order chi connectivity index (χ0) is 14.5. The Morgan fingerprint density at radius 1 is 0.750 bits per heavy atom. The van der Waals surface area contributed by atoms with Crippen LogP contribution in [-0.2, 0) is 4.79 Å². The molecule has 0 aromatic heterocycles. The summed E-state index contributed by atoms with van der Waals surface area (Å²) >= 11 is 0. The lowest BCUT2D eigenvalue weighted by molar-refractivity contribution is -0.141. The van der Waals surface area contributed by atoms with Crippen LogP contribution in [0.3, 0.4) is 0 Å². The van der Waals surface area contributed by atoms with E-state index in [1.54, 1.807) is 0 Å². The third-order valence-electron chi connectivity index (χ3n) is 4.40. The Morgan fingerprint density at radius 2 is 1.20 bits per heavy atom. The number of carboxylic acid groups (broad SMARTS) is 1. The number of aliphatic carboxylic acids is 1. The summed E-state index contributed by atoms with van der Waals surface area (Å²) in [5.74, 6) is -0.818. The Balaban J connectivity index is 2.25. The lowest BCUT2D eigenvalue weighted by Crippen LogP contribution is -2.29. The van der Waals surface area contributed by atoms with Crippen LogP contribution in [0.2, 0.25) is 0 Å². The molecule has 0 aromatic carbocycles. The number of nitrogens with one attached hydrogen (secondary N) is 1. The molecule has 1 aliphatic rings. The molecule has 0 bridgehead atoms. The third kappa shape index (κ3) is 9.35. The Bertz CT molecular complexity index is 225. The van der Waals surface area contributed by atoms with Gasteiger partial charge in [0, 0.05) is 6.54 Å².